The van der Waals surface area contributed by atoms with Crippen LogP contribution in [0.5, 0.6) is 11.5 Å². The molecule has 1 aliphatic heterocycles. The van der Waals surface area contributed by atoms with Crippen LogP contribution in [-0.2, 0) is 0 Å². The monoisotopic (exact) mass is 331 g/mol. The van der Waals surface area contributed by atoms with Crippen LogP contribution >= 0.6 is 0 Å². The molecule has 2 aromatic rings. The van der Waals surface area contributed by atoms with Gasteiger partial charge in [0.2, 0.25) is 0 Å². The summed E-state index contributed by atoms with van der Waals surface area (Å²) in [5.74, 6) is 2.09. The number of aliphatic hydroxyl groups is 1. The maximum atomic E-state index is 10.2. The topological polar surface area (TPSA) is 70.6 Å². The molecule has 1 aromatic heterocycles. The number of H-pyrrole nitrogens is 1. The van der Waals surface area contributed by atoms with Crippen molar-refractivity contribution in [1.29, 1.82) is 0 Å². The van der Waals surface area contributed by atoms with Crippen molar-refractivity contribution in [3.05, 3.63) is 42.2 Å². The summed E-state index contributed by atoms with van der Waals surface area (Å²) in [5, 5.41) is 17.3. The van der Waals surface area contributed by atoms with Gasteiger partial charge in [-0.25, -0.2) is 0 Å². The van der Waals surface area contributed by atoms with E-state index in [2.05, 4.69) is 21.2 Å². The zero-order valence-corrected chi connectivity index (χ0v) is 14.0. The number of likely N-dealkylation sites (tertiary alicyclic amines) is 1. The maximum absolute atomic E-state index is 10.2. The van der Waals surface area contributed by atoms with Crippen LogP contribution in [-0.4, -0.2) is 59.7 Å². The van der Waals surface area contributed by atoms with Gasteiger partial charge in [0.15, 0.2) is 0 Å². The highest BCUT2D eigenvalue weighted by Crippen LogP contribution is 2.26. The predicted molar refractivity (Wildman–Crippen MR) is 91.5 cm³/mol. The van der Waals surface area contributed by atoms with Crippen LogP contribution in [0.4, 0.5) is 0 Å². The first-order valence-electron chi connectivity index (χ1n) is 8.41. The Labute approximate surface area is 142 Å². The lowest BCUT2D eigenvalue weighted by Crippen LogP contribution is -2.40. The van der Waals surface area contributed by atoms with Crippen molar-refractivity contribution in [3.63, 3.8) is 0 Å². The molecule has 0 amide bonds. The van der Waals surface area contributed by atoms with Gasteiger partial charge in [-0.2, -0.15) is 5.10 Å². The Balaban J connectivity index is 1.38. The van der Waals surface area contributed by atoms with Crippen LogP contribution in [0.1, 0.15) is 24.5 Å². The van der Waals surface area contributed by atoms with Gasteiger partial charge in [-0.3, -0.25) is 5.10 Å². The molecule has 24 heavy (non-hydrogen) atoms. The molecule has 1 atom stereocenters. The van der Waals surface area contributed by atoms with Crippen LogP contribution in [0, 0.1) is 0 Å². The first-order chi connectivity index (χ1) is 11.7. The molecule has 0 bridgehead atoms. The lowest BCUT2D eigenvalue weighted by atomic mass is 9.93. The molecule has 1 aromatic carbocycles. The molecule has 1 aliphatic rings. The standard InChI is InChI=1S/C18H25N3O3/c1-23-16-2-4-17(5-3-16)24-13-15(22)12-21-10-7-14(8-11-21)18-6-9-19-20-18/h2-6,9,14-15,22H,7-8,10-13H2,1H3,(H,19,20). The molecule has 2 N–H and O–H groups in total. The molecule has 1 unspecified atom stereocenters. The number of aromatic amines is 1. The summed E-state index contributed by atoms with van der Waals surface area (Å²) in [7, 11) is 1.63. The summed E-state index contributed by atoms with van der Waals surface area (Å²) in [6.07, 6.45) is 3.50. The molecule has 1 saturated heterocycles. The Morgan fingerprint density at radius 3 is 2.54 bits per heavy atom. The quantitative estimate of drug-likeness (QED) is 0.812. The number of aromatic nitrogens is 2. The van der Waals surface area contributed by atoms with Gasteiger partial charge in [0.05, 0.1) is 7.11 Å². The van der Waals surface area contributed by atoms with Gasteiger partial charge in [0.1, 0.15) is 24.2 Å². The van der Waals surface area contributed by atoms with E-state index in [9.17, 15) is 5.11 Å². The van der Waals surface area contributed by atoms with Gasteiger partial charge in [0, 0.05) is 24.4 Å². The Morgan fingerprint density at radius 1 is 1.21 bits per heavy atom. The molecule has 130 valence electrons. The molecule has 0 aliphatic carbocycles. The Hall–Kier alpha value is -2.05. The average molecular weight is 331 g/mol. The van der Waals surface area contributed by atoms with E-state index in [1.165, 1.54) is 5.69 Å². The van der Waals surface area contributed by atoms with Crippen molar-refractivity contribution in [1.82, 2.24) is 15.1 Å². The van der Waals surface area contributed by atoms with Gasteiger partial charge in [-0.15, -0.1) is 0 Å². The van der Waals surface area contributed by atoms with Crippen LogP contribution in [0.2, 0.25) is 0 Å². The molecule has 3 rings (SSSR count). The largest absolute Gasteiger partial charge is 0.497 e. The number of piperidine rings is 1. The third-order valence-corrected chi connectivity index (χ3v) is 4.52. The fourth-order valence-electron chi connectivity index (χ4n) is 3.14. The summed E-state index contributed by atoms with van der Waals surface area (Å²) in [5.41, 5.74) is 1.22. The fourth-order valence-corrected chi connectivity index (χ4v) is 3.14. The van der Waals surface area contributed by atoms with Crippen LogP contribution in [0.15, 0.2) is 36.5 Å². The average Bonchev–Trinajstić information content (AvgIpc) is 3.16. The summed E-state index contributed by atoms with van der Waals surface area (Å²) in [4.78, 5) is 2.30. The number of hydrogen-bond donors (Lipinski definition) is 2. The molecule has 0 radical (unpaired) electrons. The van der Waals surface area contributed by atoms with E-state index >= 15 is 0 Å². The molecule has 0 spiro atoms. The summed E-state index contributed by atoms with van der Waals surface area (Å²) < 4.78 is 10.8. The second kappa shape index (κ2) is 8.17. The van der Waals surface area contributed by atoms with E-state index in [0.29, 0.717) is 19.1 Å². The minimum Gasteiger partial charge on any atom is -0.497 e. The van der Waals surface area contributed by atoms with Crippen molar-refractivity contribution >= 4 is 0 Å². The normalized spacial score (nSPS) is 17.6. The van der Waals surface area contributed by atoms with Gasteiger partial charge >= 0.3 is 0 Å². The Kier molecular flexibility index (Phi) is 5.72. The van der Waals surface area contributed by atoms with Crippen molar-refractivity contribution in [2.45, 2.75) is 24.9 Å². The second-order valence-corrected chi connectivity index (χ2v) is 6.23. The molecule has 6 heteroatoms. The van der Waals surface area contributed by atoms with E-state index in [1.54, 1.807) is 7.11 Å². The lowest BCUT2D eigenvalue weighted by Gasteiger charge is -2.32. The predicted octanol–water partition coefficient (Wildman–Crippen LogP) is 2.04. The van der Waals surface area contributed by atoms with Crippen molar-refractivity contribution in [2.75, 3.05) is 33.4 Å². The summed E-state index contributed by atoms with van der Waals surface area (Å²) in [6.45, 7) is 2.92. The minimum atomic E-state index is -0.490. The van der Waals surface area contributed by atoms with Crippen molar-refractivity contribution in [3.8, 4) is 11.5 Å². The van der Waals surface area contributed by atoms with Crippen LogP contribution in [0.3, 0.4) is 0 Å². The number of hydrogen-bond acceptors (Lipinski definition) is 5. The molecular weight excluding hydrogens is 306 g/mol. The number of ether oxygens (including phenoxy) is 2. The first kappa shape index (κ1) is 16.8. The second-order valence-electron chi connectivity index (χ2n) is 6.23. The van der Waals surface area contributed by atoms with E-state index in [0.717, 1.165) is 37.4 Å². The van der Waals surface area contributed by atoms with Crippen molar-refractivity contribution in [2.24, 2.45) is 0 Å². The first-order valence-corrected chi connectivity index (χ1v) is 8.41. The van der Waals surface area contributed by atoms with E-state index in [1.807, 2.05) is 30.5 Å². The maximum Gasteiger partial charge on any atom is 0.119 e. The molecule has 1 fully saturated rings. The third kappa shape index (κ3) is 4.49. The number of nitrogens with one attached hydrogen (secondary N) is 1. The number of nitrogens with zero attached hydrogens (tertiary/aromatic N) is 2. The zero-order chi connectivity index (χ0) is 16.8. The van der Waals surface area contributed by atoms with E-state index in [-0.39, 0.29) is 0 Å². The highest BCUT2D eigenvalue weighted by Gasteiger charge is 2.23. The van der Waals surface area contributed by atoms with Gasteiger partial charge in [-0.1, -0.05) is 0 Å². The lowest BCUT2D eigenvalue weighted by molar-refractivity contribution is 0.0592. The third-order valence-electron chi connectivity index (χ3n) is 4.52. The zero-order valence-electron chi connectivity index (χ0n) is 14.0. The molecule has 0 saturated carbocycles. The Bertz CT molecular complexity index is 592. The number of benzene rings is 1. The highest BCUT2D eigenvalue weighted by molar-refractivity contribution is 5.31. The van der Waals surface area contributed by atoms with Gasteiger partial charge in [-0.05, 0) is 56.3 Å². The van der Waals surface area contributed by atoms with Crippen LogP contribution in [0.25, 0.3) is 0 Å². The van der Waals surface area contributed by atoms with Crippen molar-refractivity contribution < 1.29 is 14.6 Å². The van der Waals surface area contributed by atoms with Gasteiger partial charge in [0.25, 0.3) is 0 Å². The molecular formula is C18H25N3O3. The minimum absolute atomic E-state index is 0.298. The summed E-state index contributed by atoms with van der Waals surface area (Å²) in [6, 6.07) is 9.45. The SMILES string of the molecule is COc1ccc(OCC(O)CN2CCC(c3ccn[nH]3)CC2)cc1. The number of rotatable bonds is 7. The molecule has 2 heterocycles. The summed E-state index contributed by atoms with van der Waals surface area (Å²) >= 11 is 0. The number of aliphatic hydroxyl groups excluding tert-OH is 1. The number of β-amino-alcohol motifs (C(OH)–C–C–N with tert-alkyl or cyclic N) is 1. The highest BCUT2D eigenvalue weighted by atomic mass is 16.5. The van der Waals surface area contributed by atoms with Crippen LogP contribution < -0.4 is 9.47 Å². The van der Waals surface area contributed by atoms with E-state index < -0.39 is 6.10 Å². The smallest absolute Gasteiger partial charge is 0.119 e. The fraction of sp³-hybridized carbons (Fsp3) is 0.500. The van der Waals surface area contributed by atoms with E-state index in [4.69, 9.17) is 9.47 Å². The Morgan fingerprint density at radius 2 is 1.92 bits per heavy atom. The van der Waals surface area contributed by atoms with Gasteiger partial charge < -0.3 is 19.5 Å². The number of methoxy groups -OCH3 is 1. The molecule has 6 nitrogen and oxygen atoms in total.